The number of carbonyl (C=O) groups is 2. The van der Waals surface area contributed by atoms with E-state index in [0.717, 1.165) is 16.5 Å². The zero-order chi connectivity index (χ0) is 37.8. The molecule has 0 unspecified atom stereocenters. The van der Waals surface area contributed by atoms with Gasteiger partial charge in [-0.05, 0) is 61.0 Å². The molecule has 20 heteroatoms. The van der Waals surface area contributed by atoms with Crippen LogP contribution in [0.25, 0.3) is 59.9 Å². The number of thiocarbonyl (C=S) groups is 1. The molecule has 7 aromatic heterocycles. The van der Waals surface area contributed by atoms with E-state index in [2.05, 4.69) is 83.5 Å². The molecule has 0 aliphatic rings. The minimum atomic E-state index is -4.50. The second-order valence-electron chi connectivity index (χ2n) is 10.0. The Labute approximate surface area is 330 Å². The number of aromatic nitrogens is 8. The van der Waals surface area contributed by atoms with Gasteiger partial charge in [-0.25, -0.2) is 19.9 Å². The van der Waals surface area contributed by atoms with Gasteiger partial charge in [0.05, 0.1) is 22.8 Å². The van der Waals surface area contributed by atoms with E-state index >= 15 is 0 Å². The number of rotatable bonds is 9. The van der Waals surface area contributed by atoms with E-state index in [-0.39, 0.29) is 31.0 Å². The Morgan fingerprint density at radius 3 is 1.96 bits per heavy atom. The second kappa shape index (κ2) is 19.3. The predicted octanol–water partition coefficient (Wildman–Crippen LogP) is 7.61. The topological polar surface area (TPSA) is 179 Å². The van der Waals surface area contributed by atoms with Crippen LogP contribution < -0.4 is 14.6 Å². The predicted molar refractivity (Wildman–Crippen MR) is 193 cm³/mol. The molecule has 0 aliphatic heterocycles. The van der Waals surface area contributed by atoms with Gasteiger partial charge in [-0.2, -0.15) is 18.3 Å². The maximum atomic E-state index is 12.2. The molecule has 0 N–H and O–H groups in total. The molecule has 0 aromatic carbocycles. The second-order valence-corrected chi connectivity index (χ2v) is 12.6. The Morgan fingerprint density at radius 1 is 0.778 bits per heavy atom. The average Bonchev–Trinajstić information content (AvgIpc) is 3.95. The van der Waals surface area contributed by atoms with Gasteiger partial charge in [0.25, 0.3) is 12.9 Å². The summed E-state index contributed by atoms with van der Waals surface area (Å²) >= 11 is 7.18. The smallest absolute Gasteiger partial charge is 0.753 e. The first kappa shape index (κ1) is 41.0. The van der Waals surface area contributed by atoms with E-state index in [1.807, 2.05) is 12.1 Å². The normalized spacial score (nSPS) is 10.3. The van der Waals surface area contributed by atoms with E-state index in [4.69, 9.17) is 14.9 Å². The molecule has 7 aromatic rings. The Morgan fingerprint density at radius 2 is 1.35 bits per heavy atom. The van der Waals surface area contributed by atoms with Crippen LogP contribution in [0.3, 0.4) is 0 Å². The first-order valence-corrected chi connectivity index (χ1v) is 16.7. The van der Waals surface area contributed by atoms with Gasteiger partial charge in [0.2, 0.25) is 0 Å². The van der Waals surface area contributed by atoms with Crippen molar-refractivity contribution in [3.8, 4) is 66.0 Å². The van der Waals surface area contributed by atoms with Crippen LogP contribution in [0, 0.1) is 6.92 Å². The number of nitrogens with zero attached hydrogens (tertiary/aromatic N) is 9. The van der Waals surface area contributed by atoms with Crippen LogP contribution in [0.15, 0.2) is 91.8 Å². The number of hydrogen-bond donors (Lipinski definition) is 0. The SMILES string of the molecule is Cc1ccc(-c2ccc(-c3ccnc(-c4cc(OC=O)cc(-c5cc(OC=O)ccn5)n4)c3)s2)s1.FC(F)(F)c1cc(-c2ncncn2)[n-]n1.[N-]=C=S.[Ru+2]. The number of alkyl halides is 3. The molecule has 13 nitrogen and oxygen atoms in total. The third kappa shape index (κ3) is 10.9. The number of isothiocyanates is 1. The molecule has 0 aliphatic carbocycles. The summed E-state index contributed by atoms with van der Waals surface area (Å²) in [6.07, 6.45) is 1.07. The quantitative estimate of drug-likeness (QED) is 0.0600. The number of pyridine rings is 3. The van der Waals surface area contributed by atoms with Crippen LogP contribution in [0.1, 0.15) is 10.6 Å². The standard InChI is InChI=1S/C26H17N3O4S2.C7H3F3N5.CNS.Ru/c1-16-2-3-25(34-16)26-5-4-24(35-26)17-6-8-27-20(10-17)22-12-19(33-15-31)13-23(29-22)21-11-18(32-14-30)7-9-28-21;8-7(9,10)5-1-4(14-15-5)6-12-2-11-3-13-6;2-1-3;/h2-15H,1H3;1-3H;;/q;2*-1;+2. The Balaban J connectivity index is 0.000000285. The van der Waals surface area contributed by atoms with Crippen LogP contribution in [0.5, 0.6) is 11.5 Å². The molecule has 0 radical (unpaired) electrons. The van der Waals surface area contributed by atoms with Crippen molar-refractivity contribution < 1.29 is 51.7 Å². The largest absolute Gasteiger partial charge is 2.00 e. The maximum Gasteiger partial charge on any atom is 2.00 e. The van der Waals surface area contributed by atoms with Crippen LogP contribution in [-0.4, -0.2) is 53.1 Å². The van der Waals surface area contributed by atoms with E-state index < -0.39 is 11.9 Å². The maximum absolute atomic E-state index is 12.2. The van der Waals surface area contributed by atoms with E-state index in [0.29, 0.717) is 47.2 Å². The first-order chi connectivity index (χ1) is 25.6. The monoisotopic (exact) mass is 873 g/mol. The summed E-state index contributed by atoms with van der Waals surface area (Å²) in [4.78, 5) is 50.9. The van der Waals surface area contributed by atoms with Crippen molar-refractivity contribution in [1.82, 2.24) is 40.1 Å². The Hall–Kier alpha value is -5.78. The van der Waals surface area contributed by atoms with Gasteiger partial charge in [0.1, 0.15) is 35.7 Å². The van der Waals surface area contributed by atoms with Crippen LogP contribution in [0.2, 0.25) is 0 Å². The molecule has 0 fully saturated rings. The molecule has 54 heavy (non-hydrogen) atoms. The van der Waals surface area contributed by atoms with Crippen molar-refractivity contribution >= 4 is 53.0 Å². The van der Waals surface area contributed by atoms with Gasteiger partial charge in [-0.3, -0.25) is 19.6 Å². The summed E-state index contributed by atoms with van der Waals surface area (Å²) in [5.74, 6) is 0.680. The molecule has 0 saturated heterocycles. The number of carbonyl (C=O) groups excluding carboxylic acids is 2. The van der Waals surface area contributed by atoms with Gasteiger partial charge < -0.3 is 25.1 Å². The van der Waals surface area contributed by atoms with Crippen molar-refractivity contribution in [2.75, 3.05) is 0 Å². The van der Waals surface area contributed by atoms with Crippen molar-refractivity contribution in [3.05, 3.63) is 108 Å². The molecule has 0 atom stereocenters. The van der Waals surface area contributed by atoms with Gasteiger partial charge in [0.15, 0.2) is 0 Å². The molecular formula is C34H20F3N9O4RuS3. The van der Waals surface area contributed by atoms with Crippen molar-refractivity contribution in [2.24, 2.45) is 0 Å². The van der Waals surface area contributed by atoms with Gasteiger partial charge in [-0.15, -0.1) is 22.7 Å². The van der Waals surface area contributed by atoms with Crippen molar-refractivity contribution in [3.63, 3.8) is 0 Å². The minimum Gasteiger partial charge on any atom is -0.753 e. The molecule has 7 rings (SSSR count). The zero-order valence-electron chi connectivity index (χ0n) is 27.2. The summed E-state index contributed by atoms with van der Waals surface area (Å²) in [6, 6.07) is 19.5. The first-order valence-electron chi connectivity index (χ1n) is 14.7. The molecule has 0 saturated carbocycles. The number of aryl methyl sites for hydroxylation is 1. The average molecular weight is 873 g/mol. The Kier molecular flexibility index (Phi) is 14.7. The molecule has 272 valence electrons. The summed E-state index contributed by atoms with van der Waals surface area (Å²) in [7, 11) is 0. The van der Waals surface area contributed by atoms with E-state index in [9.17, 15) is 22.8 Å². The van der Waals surface area contributed by atoms with Crippen LogP contribution in [-0.2, 0) is 35.2 Å². The zero-order valence-corrected chi connectivity index (χ0v) is 31.4. The van der Waals surface area contributed by atoms with Gasteiger partial charge in [0, 0.05) is 50.1 Å². The molecule has 7 heterocycles. The molecule has 0 bridgehead atoms. The fraction of sp³-hybridized carbons (Fsp3) is 0.0588. The third-order valence-electron chi connectivity index (χ3n) is 6.61. The summed E-state index contributed by atoms with van der Waals surface area (Å²) in [6.45, 7) is 2.79. The number of ether oxygens (including phenoxy) is 2. The van der Waals surface area contributed by atoms with E-state index in [1.165, 1.54) is 38.6 Å². The van der Waals surface area contributed by atoms with Crippen molar-refractivity contribution in [2.45, 2.75) is 13.1 Å². The fourth-order valence-electron chi connectivity index (χ4n) is 4.40. The summed E-state index contributed by atoms with van der Waals surface area (Å²) in [5.41, 5.74) is 1.94. The van der Waals surface area contributed by atoms with Gasteiger partial charge >= 0.3 is 25.7 Å². The minimum absolute atomic E-state index is 0. The molecule has 0 spiro atoms. The number of thiophene rings is 2. The summed E-state index contributed by atoms with van der Waals surface area (Å²) < 4.78 is 46.5. The number of halogens is 3. The fourth-order valence-corrected chi connectivity index (χ4v) is 6.36. The van der Waals surface area contributed by atoms with Crippen LogP contribution in [0.4, 0.5) is 13.2 Å². The molecule has 0 amide bonds. The summed E-state index contributed by atoms with van der Waals surface area (Å²) in [5, 5.41) is 14.8. The third-order valence-corrected chi connectivity index (χ3v) is 8.94. The Bertz CT molecular complexity index is 2370. The van der Waals surface area contributed by atoms with E-state index in [1.54, 1.807) is 53.1 Å². The van der Waals surface area contributed by atoms with Crippen LogP contribution >= 0.6 is 34.9 Å². The number of hydrogen-bond acceptors (Lipinski definition) is 14. The van der Waals surface area contributed by atoms with Gasteiger partial charge in [-0.1, -0.05) is 17.9 Å². The van der Waals surface area contributed by atoms with Crippen molar-refractivity contribution in [1.29, 1.82) is 0 Å². The molecular weight excluding hydrogens is 853 g/mol.